The summed E-state index contributed by atoms with van der Waals surface area (Å²) in [6.07, 6.45) is 8.57. The average Bonchev–Trinajstić information content (AvgIpc) is 3.02. The first-order valence-corrected chi connectivity index (χ1v) is 12.8. The second kappa shape index (κ2) is 9.65. The van der Waals surface area contributed by atoms with Crippen LogP contribution >= 0.6 is 0 Å². The van der Waals surface area contributed by atoms with Gasteiger partial charge in [0.05, 0.1) is 6.54 Å². The van der Waals surface area contributed by atoms with Crippen molar-refractivity contribution in [2.75, 3.05) is 6.54 Å². The molecule has 1 fully saturated rings. The lowest BCUT2D eigenvalue weighted by molar-refractivity contribution is -0.133. The lowest BCUT2D eigenvalue weighted by atomic mass is 9.93. The van der Waals surface area contributed by atoms with Gasteiger partial charge in [-0.05, 0) is 50.3 Å². The highest BCUT2D eigenvalue weighted by Gasteiger charge is 2.47. The normalized spacial score (nSPS) is 21.3. The van der Waals surface area contributed by atoms with Crippen molar-refractivity contribution in [2.45, 2.75) is 76.4 Å². The number of aromatic nitrogens is 1. The molecule has 1 aliphatic heterocycles. The Kier molecular flexibility index (Phi) is 6.44. The minimum absolute atomic E-state index is 0.0177. The summed E-state index contributed by atoms with van der Waals surface area (Å²) in [7, 11) is 0. The van der Waals surface area contributed by atoms with Crippen molar-refractivity contribution in [1.82, 2.24) is 14.8 Å². The van der Waals surface area contributed by atoms with E-state index in [0.717, 1.165) is 49.4 Å². The molecule has 2 aromatic carbocycles. The molecule has 5 heteroatoms. The summed E-state index contributed by atoms with van der Waals surface area (Å²) in [6.45, 7) is 2.99. The van der Waals surface area contributed by atoms with Gasteiger partial charge in [-0.15, -0.1) is 0 Å². The van der Waals surface area contributed by atoms with Gasteiger partial charge < -0.3 is 14.8 Å². The fraction of sp³-hybridized carbons (Fsp3) is 0.448. The molecule has 3 aromatic rings. The molecule has 5 rings (SSSR count). The summed E-state index contributed by atoms with van der Waals surface area (Å²) in [4.78, 5) is 29.5. The first kappa shape index (κ1) is 22.7. The topological polar surface area (TPSA) is 54.3 Å². The molecular weight excluding hydrogens is 422 g/mol. The molecule has 2 amide bonds. The highest BCUT2D eigenvalue weighted by molar-refractivity contribution is 6.03. The van der Waals surface area contributed by atoms with E-state index in [1.807, 2.05) is 60.4 Å². The Balaban J connectivity index is 1.43. The van der Waals surface area contributed by atoms with E-state index in [4.69, 9.17) is 0 Å². The number of carbonyl (C=O) groups excluding carboxylic acids is 2. The van der Waals surface area contributed by atoms with Gasteiger partial charge in [0, 0.05) is 23.5 Å². The maximum atomic E-state index is 13.8. The molecule has 0 spiro atoms. The standard InChI is InChI=1S/C29H35N3O2/c1-29(28(34)30-24-16-7-2-3-8-17-24)21-31-25-18-10-9-15-23(25)20-26(31)27(33)32(29)19-11-14-22-12-5-4-6-13-22/h4-6,9-10,12-13,15,18,20,24H,2-3,7-8,11,14,16-17,19,21H2,1H3,(H,30,34)/t29-/m0/s1. The van der Waals surface area contributed by atoms with Crippen molar-refractivity contribution < 1.29 is 9.59 Å². The molecule has 5 nitrogen and oxygen atoms in total. The molecule has 1 N–H and O–H groups in total. The molecule has 1 atom stereocenters. The maximum Gasteiger partial charge on any atom is 0.271 e. The quantitative estimate of drug-likeness (QED) is 0.509. The van der Waals surface area contributed by atoms with Crippen LogP contribution in [-0.4, -0.2) is 39.4 Å². The van der Waals surface area contributed by atoms with Crippen LogP contribution in [0, 0.1) is 0 Å². The highest BCUT2D eigenvalue weighted by atomic mass is 16.2. The number of nitrogens with zero attached hydrogens (tertiary/aromatic N) is 2. The van der Waals surface area contributed by atoms with Gasteiger partial charge in [-0.1, -0.05) is 74.2 Å². The van der Waals surface area contributed by atoms with Crippen LogP contribution in [-0.2, 0) is 17.8 Å². The summed E-state index contributed by atoms with van der Waals surface area (Å²) < 4.78 is 2.05. The van der Waals surface area contributed by atoms with Gasteiger partial charge in [0.2, 0.25) is 5.91 Å². The van der Waals surface area contributed by atoms with Crippen LogP contribution in [0.25, 0.3) is 10.9 Å². The fourth-order valence-electron chi connectivity index (χ4n) is 5.71. The van der Waals surface area contributed by atoms with E-state index in [1.165, 1.54) is 18.4 Å². The number of rotatable bonds is 6. The zero-order chi connectivity index (χ0) is 23.5. The lowest BCUT2D eigenvalue weighted by Gasteiger charge is -2.44. The Labute approximate surface area is 202 Å². The van der Waals surface area contributed by atoms with E-state index in [1.54, 1.807) is 0 Å². The minimum Gasteiger partial charge on any atom is -0.351 e. The summed E-state index contributed by atoms with van der Waals surface area (Å²) >= 11 is 0. The summed E-state index contributed by atoms with van der Waals surface area (Å²) in [5.74, 6) is -0.0649. The number of benzene rings is 2. The van der Waals surface area contributed by atoms with Crippen LogP contribution in [0.15, 0.2) is 60.7 Å². The molecule has 2 aliphatic rings. The van der Waals surface area contributed by atoms with Gasteiger partial charge in [-0.25, -0.2) is 0 Å². The van der Waals surface area contributed by atoms with Crippen LogP contribution < -0.4 is 5.32 Å². The lowest BCUT2D eigenvalue weighted by Crippen LogP contribution is -2.65. The first-order chi connectivity index (χ1) is 16.6. The number of amides is 2. The third-order valence-corrected chi connectivity index (χ3v) is 7.71. The first-order valence-electron chi connectivity index (χ1n) is 12.8. The van der Waals surface area contributed by atoms with E-state index >= 15 is 0 Å². The van der Waals surface area contributed by atoms with E-state index in [9.17, 15) is 9.59 Å². The number of nitrogens with one attached hydrogen (secondary N) is 1. The average molecular weight is 458 g/mol. The van der Waals surface area contributed by atoms with E-state index < -0.39 is 5.54 Å². The Bertz CT molecular complexity index is 1160. The molecule has 34 heavy (non-hydrogen) atoms. The molecule has 1 saturated carbocycles. The molecular formula is C29H35N3O2. The molecule has 0 saturated heterocycles. The van der Waals surface area contributed by atoms with Crippen LogP contribution in [0.5, 0.6) is 0 Å². The van der Waals surface area contributed by atoms with Crippen molar-refractivity contribution in [1.29, 1.82) is 0 Å². The Morgan fingerprint density at radius 2 is 1.71 bits per heavy atom. The van der Waals surface area contributed by atoms with Crippen LogP contribution in [0.2, 0.25) is 0 Å². The highest BCUT2D eigenvalue weighted by Crippen LogP contribution is 2.33. The number of fused-ring (bicyclic) bond motifs is 3. The number of carbonyl (C=O) groups is 2. The van der Waals surface area contributed by atoms with Crippen molar-refractivity contribution >= 4 is 22.7 Å². The largest absolute Gasteiger partial charge is 0.351 e. The Morgan fingerprint density at radius 3 is 2.47 bits per heavy atom. The summed E-state index contributed by atoms with van der Waals surface area (Å²) in [5.41, 5.74) is 2.03. The Hall–Kier alpha value is -3.08. The van der Waals surface area contributed by atoms with E-state index in [-0.39, 0.29) is 17.9 Å². The van der Waals surface area contributed by atoms with Crippen molar-refractivity contribution in [3.05, 3.63) is 71.9 Å². The van der Waals surface area contributed by atoms with Crippen LogP contribution in [0.4, 0.5) is 0 Å². The molecule has 1 aromatic heterocycles. The van der Waals surface area contributed by atoms with Gasteiger partial charge in [-0.3, -0.25) is 9.59 Å². The van der Waals surface area contributed by atoms with E-state index in [0.29, 0.717) is 18.8 Å². The van der Waals surface area contributed by atoms with Crippen LogP contribution in [0.1, 0.15) is 67.9 Å². The fourth-order valence-corrected chi connectivity index (χ4v) is 5.71. The molecule has 1 aliphatic carbocycles. The maximum absolute atomic E-state index is 13.8. The van der Waals surface area contributed by atoms with Gasteiger partial charge in [0.1, 0.15) is 11.2 Å². The third-order valence-electron chi connectivity index (χ3n) is 7.71. The van der Waals surface area contributed by atoms with Crippen molar-refractivity contribution in [2.24, 2.45) is 0 Å². The Morgan fingerprint density at radius 1 is 1.00 bits per heavy atom. The number of hydrogen-bond acceptors (Lipinski definition) is 2. The second-order valence-corrected chi connectivity index (χ2v) is 10.2. The summed E-state index contributed by atoms with van der Waals surface area (Å²) in [5, 5.41) is 4.40. The van der Waals surface area contributed by atoms with Crippen molar-refractivity contribution in [3.63, 3.8) is 0 Å². The zero-order valence-corrected chi connectivity index (χ0v) is 20.1. The number of aryl methyl sites for hydroxylation is 1. The molecule has 0 bridgehead atoms. The minimum atomic E-state index is -0.922. The monoisotopic (exact) mass is 457 g/mol. The van der Waals surface area contributed by atoms with Gasteiger partial charge in [0.25, 0.3) is 5.91 Å². The number of para-hydroxylation sites is 1. The van der Waals surface area contributed by atoms with Gasteiger partial charge in [0.15, 0.2) is 0 Å². The molecule has 178 valence electrons. The molecule has 0 radical (unpaired) electrons. The second-order valence-electron chi connectivity index (χ2n) is 10.2. The third kappa shape index (κ3) is 4.36. The predicted molar refractivity (Wildman–Crippen MR) is 136 cm³/mol. The van der Waals surface area contributed by atoms with Crippen molar-refractivity contribution in [3.8, 4) is 0 Å². The summed E-state index contributed by atoms with van der Waals surface area (Å²) in [6, 6.07) is 20.6. The number of hydrogen-bond donors (Lipinski definition) is 1. The predicted octanol–water partition coefficient (Wildman–Crippen LogP) is 5.33. The van der Waals surface area contributed by atoms with E-state index in [2.05, 4.69) is 22.0 Å². The van der Waals surface area contributed by atoms with Gasteiger partial charge in [-0.2, -0.15) is 0 Å². The van der Waals surface area contributed by atoms with Crippen LogP contribution in [0.3, 0.4) is 0 Å². The SMILES string of the molecule is C[C@@]1(C(=O)NC2CCCCCC2)Cn2c(cc3ccccc32)C(=O)N1CCCc1ccccc1. The molecule has 0 unspecified atom stereocenters. The smallest absolute Gasteiger partial charge is 0.271 e. The van der Waals surface area contributed by atoms with Gasteiger partial charge >= 0.3 is 0 Å². The zero-order valence-electron chi connectivity index (χ0n) is 20.1. The molecule has 2 heterocycles.